The summed E-state index contributed by atoms with van der Waals surface area (Å²) in [6.45, 7) is 9.83. The van der Waals surface area contributed by atoms with Gasteiger partial charge in [-0.3, -0.25) is 4.90 Å². The third kappa shape index (κ3) is 18.4. The number of aliphatic hydroxyl groups excluding tert-OH is 3. The number of benzene rings is 1. The quantitative estimate of drug-likeness (QED) is 0.528. The predicted octanol–water partition coefficient (Wildman–Crippen LogP) is 3.45. The minimum Gasteiger partial charge on any atom is -0.394 e. The summed E-state index contributed by atoms with van der Waals surface area (Å²) in [5.41, 5.74) is 1.52. The fourth-order valence-corrected chi connectivity index (χ4v) is 3.05. The van der Waals surface area contributed by atoms with Crippen molar-refractivity contribution in [1.29, 1.82) is 0 Å². The van der Waals surface area contributed by atoms with Crippen molar-refractivity contribution in [3.05, 3.63) is 35.9 Å². The lowest BCUT2D eigenvalue weighted by atomic mass is 9.85. The molecule has 0 radical (unpaired) electrons. The molecule has 1 aliphatic rings. The van der Waals surface area contributed by atoms with E-state index in [1.807, 2.05) is 32.6 Å². The number of likely N-dealkylation sites (N-methyl/N-ethyl adjacent to an activating group) is 1. The molecule has 0 aliphatic heterocycles. The van der Waals surface area contributed by atoms with Crippen molar-refractivity contribution in [3.8, 4) is 0 Å². The Morgan fingerprint density at radius 1 is 0.893 bits per heavy atom. The molecule has 4 N–H and O–H groups in total. The molecule has 1 aliphatic carbocycles. The molecule has 0 aromatic heterocycles. The lowest BCUT2D eigenvalue weighted by Gasteiger charge is -2.21. The van der Waals surface area contributed by atoms with Crippen LogP contribution >= 0.6 is 0 Å². The molecule has 0 atom stereocenters. The van der Waals surface area contributed by atoms with Gasteiger partial charge in [0.15, 0.2) is 6.29 Å². The largest absolute Gasteiger partial charge is 0.394 e. The molecule has 5 nitrogen and oxygen atoms in total. The Bertz CT molecular complexity index is 389. The van der Waals surface area contributed by atoms with Gasteiger partial charge in [0.1, 0.15) is 0 Å². The average molecular weight is 400 g/mol. The predicted molar refractivity (Wildman–Crippen MR) is 118 cm³/mol. The maximum absolute atomic E-state index is 8.50. The highest BCUT2D eigenvalue weighted by Gasteiger charge is 2.13. The van der Waals surface area contributed by atoms with Gasteiger partial charge in [-0.05, 0) is 31.0 Å². The van der Waals surface area contributed by atoms with Crippen LogP contribution in [0.4, 0.5) is 0 Å². The number of aliphatic hydroxyl groups is 4. The second-order valence-electron chi connectivity index (χ2n) is 6.61. The van der Waals surface area contributed by atoms with Crippen LogP contribution in [0, 0.1) is 5.92 Å². The van der Waals surface area contributed by atoms with Crippen molar-refractivity contribution in [3.63, 3.8) is 0 Å². The first kappa shape index (κ1) is 29.2. The first-order valence-corrected chi connectivity index (χ1v) is 10.9. The Kier molecular flexibility index (Phi) is 23.3. The summed E-state index contributed by atoms with van der Waals surface area (Å²) in [4.78, 5) is 1.95. The molecule has 0 saturated heterocycles. The third-order valence-electron chi connectivity index (χ3n) is 4.51. The Morgan fingerprint density at radius 3 is 1.75 bits per heavy atom. The van der Waals surface area contributed by atoms with E-state index >= 15 is 0 Å². The van der Waals surface area contributed by atoms with Gasteiger partial charge in [-0.2, -0.15) is 0 Å². The Labute approximate surface area is 173 Å². The summed E-state index contributed by atoms with van der Waals surface area (Å²) in [5, 5.41) is 32.2. The van der Waals surface area contributed by atoms with E-state index in [9.17, 15) is 0 Å². The van der Waals surface area contributed by atoms with Gasteiger partial charge in [0.2, 0.25) is 0 Å². The summed E-state index contributed by atoms with van der Waals surface area (Å²) < 4.78 is 0. The molecule has 5 heteroatoms. The Hall–Kier alpha value is -0.980. The lowest BCUT2D eigenvalue weighted by Crippen LogP contribution is -2.31. The molecule has 0 amide bonds. The highest BCUT2D eigenvalue weighted by Crippen LogP contribution is 2.26. The molecule has 0 bridgehead atoms. The van der Waals surface area contributed by atoms with Gasteiger partial charge in [-0.1, -0.05) is 90.1 Å². The van der Waals surface area contributed by atoms with Crippen LogP contribution in [-0.2, 0) is 6.42 Å². The van der Waals surface area contributed by atoms with Gasteiger partial charge in [0.05, 0.1) is 13.2 Å². The van der Waals surface area contributed by atoms with Gasteiger partial charge in [0, 0.05) is 6.54 Å². The van der Waals surface area contributed by atoms with Crippen molar-refractivity contribution in [2.45, 2.75) is 72.5 Å². The van der Waals surface area contributed by atoms with E-state index in [4.69, 9.17) is 20.4 Å². The molecule has 0 unspecified atom stereocenters. The highest BCUT2D eigenvalue weighted by atomic mass is 16.5. The van der Waals surface area contributed by atoms with Gasteiger partial charge in [-0.25, -0.2) is 0 Å². The minimum absolute atomic E-state index is 0.125. The Balaban J connectivity index is 0. The summed E-state index contributed by atoms with van der Waals surface area (Å²) in [6.07, 6.45) is 7.40. The monoisotopic (exact) mass is 399 g/mol. The van der Waals surface area contributed by atoms with E-state index < -0.39 is 6.29 Å². The zero-order chi connectivity index (χ0) is 21.6. The topological polar surface area (TPSA) is 84.2 Å². The standard InChI is InChI=1S/C13H18.C6H15NO2.C2H6O2.C2H6/c1-3-7-12(8-4-1)11-13-9-5-2-6-10-13;1-3-7(4-2)5-6(8)9;3-1-2-4;1-2/h1,3-4,7-8,13H,2,5-6,9-11H2;6,8-9H,3-5H2,1-2H3;3-4H,1-2H2;1-2H3. The first-order valence-electron chi connectivity index (χ1n) is 10.9. The fourth-order valence-electron chi connectivity index (χ4n) is 3.05. The molecule has 28 heavy (non-hydrogen) atoms. The molecule has 1 fully saturated rings. The van der Waals surface area contributed by atoms with E-state index in [2.05, 4.69) is 30.3 Å². The van der Waals surface area contributed by atoms with Crippen molar-refractivity contribution < 1.29 is 20.4 Å². The van der Waals surface area contributed by atoms with Crippen LogP contribution in [-0.4, -0.2) is 64.5 Å². The summed E-state index contributed by atoms with van der Waals surface area (Å²) in [7, 11) is 0. The maximum atomic E-state index is 8.50. The second-order valence-corrected chi connectivity index (χ2v) is 6.61. The van der Waals surface area contributed by atoms with Gasteiger partial charge < -0.3 is 20.4 Å². The Morgan fingerprint density at radius 2 is 1.39 bits per heavy atom. The number of rotatable bonds is 7. The highest BCUT2D eigenvalue weighted by molar-refractivity contribution is 5.15. The first-order chi connectivity index (χ1) is 13.6. The number of hydrogen-bond donors (Lipinski definition) is 4. The molecule has 1 aromatic carbocycles. The zero-order valence-electron chi connectivity index (χ0n) is 18.6. The molecule has 0 heterocycles. The van der Waals surface area contributed by atoms with Crippen molar-refractivity contribution in [2.24, 2.45) is 5.92 Å². The van der Waals surface area contributed by atoms with Gasteiger partial charge >= 0.3 is 0 Å². The van der Waals surface area contributed by atoms with E-state index in [-0.39, 0.29) is 13.2 Å². The molecule has 166 valence electrons. The van der Waals surface area contributed by atoms with E-state index in [0.717, 1.165) is 19.0 Å². The molecule has 1 saturated carbocycles. The average Bonchev–Trinajstić information content (AvgIpc) is 2.75. The van der Waals surface area contributed by atoms with Crippen molar-refractivity contribution in [2.75, 3.05) is 32.8 Å². The molecule has 0 spiro atoms. The molecule has 1 aromatic rings. The van der Waals surface area contributed by atoms with Crippen LogP contribution in [0.15, 0.2) is 30.3 Å². The summed E-state index contributed by atoms with van der Waals surface area (Å²) >= 11 is 0. The third-order valence-corrected chi connectivity index (χ3v) is 4.51. The van der Waals surface area contributed by atoms with Gasteiger partial charge in [0.25, 0.3) is 0 Å². The van der Waals surface area contributed by atoms with Gasteiger partial charge in [-0.15, -0.1) is 0 Å². The molecular formula is C23H45NO4. The number of nitrogens with zero attached hydrogens (tertiary/aromatic N) is 1. The maximum Gasteiger partial charge on any atom is 0.164 e. The molecule has 2 rings (SSSR count). The SMILES string of the molecule is CC.CCN(CC)CC(O)O.OCCO.c1ccc(CC2CCCCC2)cc1. The fraction of sp³-hybridized carbons (Fsp3) is 0.739. The smallest absolute Gasteiger partial charge is 0.164 e. The van der Waals surface area contributed by atoms with E-state index in [1.54, 1.807) is 0 Å². The van der Waals surface area contributed by atoms with Crippen LogP contribution in [0.2, 0.25) is 0 Å². The van der Waals surface area contributed by atoms with Crippen LogP contribution in [0.3, 0.4) is 0 Å². The van der Waals surface area contributed by atoms with Crippen LogP contribution in [0.25, 0.3) is 0 Å². The van der Waals surface area contributed by atoms with Crippen molar-refractivity contribution in [1.82, 2.24) is 4.90 Å². The van der Waals surface area contributed by atoms with Crippen LogP contribution in [0.1, 0.15) is 65.4 Å². The van der Waals surface area contributed by atoms with Crippen molar-refractivity contribution >= 4 is 0 Å². The normalized spacial score (nSPS) is 13.6. The van der Waals surface area contributed by atoms with E-state index in [0.29, 0.717) is 6.54 Å². The minimum atomic E-state index is -1.19. The van der Waals surface area contributed by atoms with Crippen LogP contribution in [0.5, 0.6) is 0 Å². The molecular weight excluding hydrogens is 354 g/mol. The summed E-state index contributed by atoms with van der Waals surface area (Å²) in [6, 6.07) is 10.9. The van der Waals surface area contributed by atoms with E-state index in [1.165, 1.54) is 44.1 Å². The summed E-state index contributed by atoms with van der Waals surface area (Å²) in [5.74, 6) is 0.969. The zero-order valence-corrected chi connectivity index (χ0v) is 18.6. The van der Waals surface area contributed by atoms with Crippen LogP contribution < -0.4 is 0 Å². The second kappa shape index (κ2) is 22.3. The lowest BCUT2D eigenvalue weighted by molar-refractivity contribution is -0.0597. The number of hydrogen-bond acceptors (Lipinski definition) is 5.